The zero-order valence-corrected chi connectivity index (χ0v) is 15.7. The lowest BCUT2D eigenvalue weighted by atomic mass is 9.93. The first-order valence-corrected chi connectivity index (χ1v) is 9.34. The van der Waals surface area contributed by atoms with Crippen LogP contribution in [-0.4, -0.2) is 56.8 Å². The Labute approximate surface area is 158 Å². The SMILES string of the molecule is CN=C(NCCc1ccc(F)cc1)NCCC1CCN(CC(F)(F)F)CC1. The molecule has 0 atom stereocenters. The molecule has 2 N–H and O–H groups in total. The van der Waals surface area contributed by atoms with Crippen molar-refractivity contribution in [1.29, 1.82) is 0 Å². The fraction of sp³-hybridized carbons (Fsp3) is 0.632. The highest BCUT2D eigenvalue weighted by molar-refractivity contribution is 5.79. The normalized spacial score (nSPS) is 17.1. The number of benzene rings is 1. The summed E-state index contributed by atoms with van der Waals surface area (Å²) in [7, 11) is 1.70. The number of hydrogen-bond donors (Lipinski definition) is 2. The van der Waals surface area contributed by atoms with Crippen LogP contribution in [0.25, 0.3) is 0 Å². The Hall–Kier alpha value is -1.83. The molecule has 2 rings (SSSR count). The molecule has 1 aliphatic rings. The summed E-state index contributed by atoms with van der Waals surface area (Å²) in [5.41, 5.74) is 1.05. The molecule has 1 fully saturated rings. The first kappa shape index (κ1) is 21.5. The van der Waals surface area contributed by atoms with E-state index in [1.165, 1.54) is 17.0 Å². The topological polar surface area (TPSA) is 39.7 Å². The summed E-state index contributed by atoms with van der Waals surface area (Å²) in [5.74, 6) is 0.902. The van der Waals surface area contributed by atoms with Crippen LogP contribution >= 0.6 is 0 Å². The smallest absolute Gasteiger partial charge is 0.356 e. The number of rotatable bonds is 7. The molecule has 1 heterocycles. The van der Waals surface area contributed by atoms with E-state index in [0.717, 1.165) is 37.8 Å². The second-order valence-corrected chi connectivity index (χ2v) is 6.93. The van der Waals surface area contributed by atoms with Gasteiger partial charge in [-0.15, -0.1) is 0 Å². The summed E-state index contributed by atoms with van der Waals surface area (Å²) in [5, 5.41) is 6.46. The Bertz CT molecular complexity index is 578. The second kappa shape index (κ2) is 10.5. The molecule has 0 spiro atoms. The lowest BCUT2D eigenvalue weighted by molar-refractivity contribution is -0.148. The summed E-state index contributed by atoms with van der Waals surface area (Å²) < 4.78 is 50.1. The summed E-state index contributed by atoms with van der Waals surface area (Å²) in [6, 6.07) is 6.42. The Morgan fingerprint density at radius 1 is 1.11 bits per heavy atom. The van der Waals surface area contributed by atoms with Gasteiger partial charge in [-0.3, -0.25) is 9.89 Å². The first-order valence-electron chi connectivity index (χ1n) is 9.34. The molecule has 27 heavy (non-hydrogen) atoms. The van der Waals surface area contributed by atoms with Gasteiger partial charge in [0.1, 0.15) is 5.82 Å². The zero-order valence-electron chi connectivity index (χ0n) is 15.7. The molecule has 1 aromatic carbocycles. The minimum atomic E-state index is -4.11. The van der Waals surface area contributed by atoms with Crippen LogP contribution in [-0.2, 0) is 6.42 Å². The van der Waals surface area contributed by atoms with Crippen molar-refractivity contribution in [2.24, 2.45) is 10.9 Å². The summed E-state index contributed by atoms with van der Waals surface area (Å²) in [6.45, 7) is 1.63. The van der Waals surface area contributed by atoms with Gasteiger partial charge in [-0.25, -0.2) is 4.39 Å². The van der Waals surface area contributed by atoms with Gasteiger partial charge in [-0.2, -0.15) is 13.2 Å². The van der Waals surface area contributed by atoms with Crippen molar-refractivity contribution < 1.29 is 17.6 Å². The predicted molar refractivity (Wildman–Crippen MR) is 99.3 cm³/mol. The standard InChI is InChI=1S/C19H28F4N4/c1-24-18(25-10-6-15-2-4-17(20)5-3-15)26-11-7-16-8-12-27(13-9-16)14-19(21,22)23/h2-5,16H,6-14H2,1H3,(H2,24,25,26). The summed E-state index contributed by atoms with van der Waals surface area (Å²) in [6.07, 6.45) is -0.833. The van der Waals surface area contributed by atoms with Gasteiger partial charge in [-0.1, -0.05) is 12.1 Å². The number of guanidine groups is 1. The van der Waals surface area contributed by atoms with Gasteiger partial charge in [0.2, 0.25) is 0 Å². The lowest BCUT2D eigenvalue weighted by Gasteiger charge is -2.32. The molecule has 0 aliphatic carbocycles. The average molecular weight is 388 g/mol. The van der Waals surface area contributed by atoms with Crippen LogP contribution in [0.15, 0.2) is 29.3 Å². The van der Waals surface area contributed by atoms with Gasteiger partial charge in [0.05, 0.1) is 6.54 Å². The maximum atomic E-state index is 12.9. The quantitative estimate of drug-likeness (QED) is 0.428. The highest BCUT2D eigenvalue weighted by Crippen LogP contribution is 2.23. The molecule has 0 aromatic heterocycles. The van der Waals surface area contributed by atoms with Crippen molar-refractivity contribution >= 4 is 5.96 Å². The third kappa shape index (κ3) is 8.60. The Morgan fingerprint density at radius 2 is 1.74 bits per heavy atom. The van der Waals surface area contributed by atoms with Crippen molar-refractivity contribution in [3.8, 4) is 0 Å². The highest BCUT2D eigenvalue weighted by Gasteiger charge is 2.32. The van der Waals surface area contributed by atoms with E-state index in [1.807, 2.05) is 0 Å². The number of halogens is 4. The van der Waals surface area contributed by atoms with E-state index in [1.54, 1.807) is 19.2 Å². The predicted octanol–water partition coefficient (Wildman–Crippen LogP) is 3.20. The van der Waals surface area contributed by atoms with Gasteiger partial charge >= 0.3 is 6.18 Å². The van der Waals surface area contributed by atoms with Crippen LogP contribution < -0.4 is 10.6 Å². The van der Waals surface area contributed by atoms with Gasteiger partial charge in [0.25, 0.3) is 0 Å². The van der Waals surface area contributed by atoms with Crippen LogP contribution in [0.4, 0.5) is 17.6 Å². The Balaban J connectivity index is 1.59. The number of aliphatic imine (C=N–C) groups is 1. The molecule has 0 amide bonds. The van der Waals surface area contributed by atoms with Crippen LogP contribution in [0.3, 0.4) is 0 Å². The molecular formula is C19H28F4N4. The molecule has 8 heteroatoms. The van der Waals surface area contributed by atoms with E-state index in [4.69, 9.17) is 0 Å². The van der Waals surface area contributed by atoms with Crippen LogP contribution in [0.5, 0.6) is 0 Å². The molecule has 152 valence electrons. The third-order valence-corrected chi connectivity index (χ3v) is 4.80. The van der Waals surface area contributed by atoms with Crippen molar-refractivity contribution in [2.75, 3.05) is 39.8 Å². The fourth-order valence-electron chi connectivity index (χ4n) is 3.28. The number of alkyl halides is 3. The van der Waals surface area contributed by atoms with Crippen molar-refractivity contribution in [1.82, 2.24) is 15.5 Å². The second-order valence-electron chi connectivity index (χ2n) is 6.93. The van der Waals surface area contributed by atoms with Gasteiger partial charge in [-0.05, 0) is 62.4 Å². The lowest BCUT2D eigenvalue weighted by Crippen LogP contribution is -2.42. The molecule has 1 aliphatic heterocycles. The van der Waals surface area contributed by atoms with Gasteiger partial charge in [0.15, 0.2) is 5.96 Å². The van der Waals surface area contributed by atoms with E-state index in [2.05, 4.69) is 15.6 Å². The number of piperidine rings is 1. The molecule has 1 saturated heterocycles. The first-order chi connectivity index (χ1) is 12.9. The highest BCUT2D eigenvalue weighted by atomic mass is 19.4. The van der Waals surface area contributed by atoms with Crippen molar-refractivity contribution in [3.63, 3.8) is 0 Å². The minimum absolute atomic E-state index is 0.242. The summed E-state index contributed by atoms with van der Waals surface area (Å²) >= 11 is 0. The van der Waals surface area contributed by atoms with E-state index < -0.39 is 12.7 Å². The van der Waals surface area contributed by atoms with Crippen LogP contribution in [0.2, 0.25) is 0 Å². The molecular weight excluding hydrogens is 360 g/mol. The van der Waals surface area contributed by atoms with E-state index in [-0.39, 0.29) is 5.82 Å². The van der Waals surface area contributed by atoms with Gasteiger partial charge < -0.3 is 10.6 Å². The Morgan fingerprint density at radius 3 is 2.33 bits per heavy atom. The average Bonchev–Trinajstić information content (AvgIpc) is 2.62. The van der Waals surface area contributed by atoms with Crippen molar-refractivity contribution in [2.45, 2.75) is 31.9 Å². The molecule has 1 aromatic rings. The fourth-order valence-corrected chi connectivity index (χ4v) is 3.28. The number of nitrogens with one attached hydrogen (secondary N) is 2. The Kier molecular flexibility index (Phi) is 8.34. The molecule has 4 nitrogen and oxygen atoms in total. The third-order valence-electron chi connectivity index (χ3n) is 4.80. The monoisotopic (exact) mass is 388 g/mol. The summed E-state index contributed by atoms with van der Waals surface area (Å²) in [4.78, 5) is 5.66. The zero-order chi connectivity index (χ0) is 19.7. The van der Waals surface area contributed by atoms with Gasteiger partial charge in [0, 0.05) is 20.1 Å². The van der Waals surface area contributed by atoms with E-state index >= 15 is 0 Å². The molecule has 0 saturated carbocycles. The molecule has 0 unspecified atom stereocenters. The maximum absolute atomic E-state index is 12.9. The number of likely N-dealkylation sites (tertiary alicyclic amines) is 1. The van der Waals surface area contributed by atoms with Crippen LogP contribution in [0.1, 0.15) is 24.8 Å². The maximum Gasteiger partial charge on any atom is 0.401 e. The van der Waals surface area contributed by atoms with E-state index in [0.29, 0.717) is 31.5 Å². The van der Waals surface area contributed by atoms with Crippen molar-refractivity contribution in [3.05, 3.63) is 35.6 Å². The number of nitrogens with zero attached hydrogens (tertiary/aromatic N) is 2. The molecule has 0 radical (unpaired) electrons. The van der Waals surface area contributed by atoms with Crippen LogP contribution in [0, 0.1) is 11.7 Å². The largest absolute Gasteiger partial charge is 0.401 e. The molecule has 0 bridgehead atoms. The number of hydrogen-bond acceptors (Lipinski definition) is 2. The van der Waals surface area contributed by atoms with E-state index in [9.17, 15) is 17.6 Å². The minimum Gasteiger partial charge on any atom is -0.356 e.